The number of aryl methyl sites for hydroxylation is 1. The zero-order valence-corrected chi connectivity index (χ0v) is 7.04. The largest absolute Gasteiger partial charge is 0.398 e. The summed E-state index contributed by atoms with van der Waals surface area (Å²) in [6.07, 6.45) is 2.76. The third-order valence-corrected chi connectivity index (χ3v) is 1.65. The van der Waals surface area contributed by atoms with Gasteiger partial charge in [-0.25, -0.2) is 0 Å². The molecule has 1 aromatic rings. The maximum absolute atomic E-state index is 6.84. The molecule has 1 aromatic carbocycles. The Morgan fingerprint density at radius 1 is 1.33 bits per heavy atom. The standard InChI is InChI=1S/C10H12N2/c1-8-2-4-9(5-3-8)10(12)6-7-11/h2-7,11H,12H2,1H3/b10-6-,11-7?. The third kappa shape index (κ3) is 1.95. The molecule has 0 heterocycles. The van der Waals surface area contributed by atoms with Gasteiger partial charge >= 0.3 is 0 Å². The van der Waals surface area contributed by atoms with Crippen LogP contribution in [0.1, 0.15) is 11.1 Å². The molecule has 1 rings (SSSR count). The average molecular weight is 160 g/mol. The number of hydrogen-bond acceptors (Lipinski definition) is 2. The molecule has 12 heavy (non-hydrogen) atoms. The van der Waals surface area contributed by atoms with Crippen molar-refractivity contribution in [2.24, 2.45) is 5.73 Å². The van der Waals surface area contributed by atoms with Crippen LogP contribution in [0, 0.1) is 12.3 Å². The first kappa shape index (κ1) is 8.53. The van der Waals surface area contributed by atoms with Crippen molar-refractivity contribution in [2.45, 2.75) is 6.92 Å². The summed E-state index contributed by atoms with van der Waals surface area (Å²) >= 11 is 0. The molecule has 2 heteroatoms. The van der Waals surface area contributed by atoms with Crippen LogP contribution in [0.25, 0.3) is 5.70 Å². The summed E-state index contributed by atoms with van der Waals surface area (Å²) in [5.74, 6) is 0. The van der Waals surface area contributed by atoms with Crippen molar-refractivity contribution in [3.8, 4) is 0 Å². The molecule has 0 unspecified atom stereocenters. The average Bonchev–Trinajstić information content (AvgIpc) is 2.06. The van der Waals surface area contributed by atoms with Gasteiger partial charge in [0.25, 0.3) is 0 Å². The Hall–Kier alpha value is -1.57. The van der Waals surface area contributed by atoms with Crippen molar-refractivity contribution >= 4 is 11.9 Å². The Kier molecular flexibility index (Phi) is 2.64. The van der Waals surface area contributed by atoms with Gasteiger partial charge in [0.1, 0.15) is 0 Å². The number of allylic oxidation sites excluding steroid dienone is 1. The molecule has 0 saturated heterocycles. The molecule has 0 radical (unpaired) electrons. The van der Waals surface area contributed by atoms with Crippen LogP contribution in [-0.4, -0.2) is 6.21 Å². The van der Waals surface area contributed by atoms with E-state index in [4.69, 9.17) is 11.1 Å². The Labute approximate surface area is 72.2 Å². The molecule has 0 aromatic heterocycles. The molecule has 0 saturated carbocycles. The molecule has 0 spiro atoms. The first-order valence-corrected chi connectivity index (χ1v) is 3.77. The fourth-order valence-corrected chi connectivity index (χ4v) is 0.932. The minimum absolute atomic E-state index is 0.630. The Bertz CT molecular complexity index is 296. The van der Waals surface area contributed by atoms with E-state index in [1.165, 1.54) is 11.8 Å². The molecule has 0 aliphatic carbocycles. The van der Waals surface area contributed by atoms with Crippen molar-refractivity contribution in [2.75, 3.05) is 0 Å². The van der Waals surface area contributed by atoms with E-state index in [0.29, 0.717) is 5.70 Å². The van der Waals surface area contributed by atoms with Crippen LogP contribution in [0.4, 0.5) is 0 Å². The number of nitrogens with one attached hydrogen (secondary N) is 1. The number of benzene rings is 1. The lowest BCUT2D eigenvalue weighted by Gasteiger charge is -1.99. The maximum atomic E-state index is 6.84. The van der Waals surface area contributed by atoms with E-state index in [9.17, 15) is 0 Å². The van der Waals surface area contributed by atoms with Crippen LogP contribution in [-0.2, 0) is 0 Å². The van der Waals surface area contributed by atoms with Crippen molar-refractivity contribution in [3.63, 3.8) is 0 Å². The lowest BCUT2D eigenvalue weighted by molar-refractivity contribution is 1.43. The topological polar surface area (TPSA) is 49.9 Å². The summed E-state index contributed by atoms with van der Waals surface area (Å²) in [5, 5.41) is 6.84. The van der Waals surface area contributed by atoms with Gasteiger partial charge in [-0.3, -0.25) is 0 Å². The first-order chi connectivity index (χ1) is 5.74. The van der Waals surface area contributed by atoms with Gasteiger partial charge in [0.2, 0.25) is 0 Å². The van der Waals surface area contributed by atoms with E-state index in [2.05, 4.69) is 0 Å². The predicted molar refractivity (Wildman–Crippen MR) is 52.1 cm³/mol. The van der Waals surface area contributed by atoms with Crippen LogP contribution in [0.5, 0.6) is 0 Å². The fraction of sp³-hybridized carbons (Fsp3) is 0.100. The lowest BCUT2D eigenvalue weighted by atomic mass is 10.1. The van der Waals surface area contributed by atoms with Gasteiger partial charge < -0.3 is 11.1 Å². The Morgan fingerprint density at radius 3 is 2.42 bits per heavy atom. The van der Waals surface area contributed by atoms with Gasteiger partial charge in [0.05, 0.1) is 0 Å². The van der Waals surface area contributed by atoms with E-state index in [1.54, 1.807) is 6.08 Å². The quantitative estimate of drug-likeness (QED) is 0.638. The van der Waals surface area contributed by atoms with Gasteiger partial charge in [-0.15, -0.1) is 0 Å². The molecular weight excluding hydrogens is 148 g/mol. The summed E-state index contributed by atoms with van der Waals surface area (Å²) in [6, 6.07) is 7.90. The summed E-state index contributed by atoms with van der Waals surface area (Å²) in [6.45, 7) is 2.03. The molecule has 2 nitrogen and oxygen atoms in total. The minimum Gasteiger partial charge on any atom is -0.398 e. The highest BCUT2D eigenvalue weighted by Crippen LogP contribution is 2.08. The number of nitrogens with two attached hydrogens (primary N) is 1. The summed E-state index contributed by atoms with van der Waals surface area (Å²) < 4.78 is 0. The summed E-state index contributed by atoms with van der Waals surface area (Å²) in [7, 11) is 0. The van der Waals surface area contributed by atoms with Crippen LogP contribution in [0.3, 0.4) is 0 Å². The summed E-state index contributed by atoms with van der Waals surface area (Å²) in [4.78, 5) is 0. The maximum Gasteiger partial charge on any atom is 0.0402 e. The molecule has 3 N–H and O–H groups in total. The van der Waals surface area contributed by atoms with Crippen LogP contribution in [0.15, 0.2) is 30.3 Å². The molecule has 0 amide bonds. The lowest BCUT2D eigenvalue weighted by Crippen LogP contribution is -1.95. The van der Waals surface area contributed by atoms with Crippen LogP contribution < -0.4 is 5.73 Å². The number of rotatable bonds is 2. The van der Waals surface area contributed by atoms with Crippen molar-refractivity contribution in [1.82, 2.24) is 0 Å². The fourth-order valence-electron chi connectivity index (χ4n) is 0.932. The van der Waals surface area contributed by atoms with Crippen LogP contribution >= 0.6 is 0 Å². The molecular formula is C10H12N2. The molecule has 0 aliphatic rings. The van der Waals surface area contributed by atoms with Gasteiger partial charge in [0, 0.05) is 11.9 Å². The van der Waals surface area contributed by atoms with E-state index in [0.717, 1.165) is 5.56 Å². The zero-order chi connectivity index (χ0) is 8.97. The third-order valence-electron chi connectivity index (χ3n) is 1.65. The van der Waals surface area contributed by atoms with E-state index < -0.39 is 0 Å². The number of hydrogen-bond donors (Lipinski definition) is 2. The van der Waals surface area contributed by atoms with Crippen LogP contribution in [0.2, 0.25) is 0 Å². The van der Waals surface area contributed by atoms with Crippen molar-refractivity contribution in [3.05, 3.63) is 41.5 Å². The highest BCUT2D eigenvalue weighted by molar-refractivity contribution is 5.81. The Balaban J connectivity index is 2.97. The Morgan fingerprint density at radius 2 is 1.92 bits per heavy atom. The molecule has 62 valence electrons. The van der Waals surface area contributed by atoms with Gasteiger partial charge in [-0.05, 0) is 18.6 Å². The van der Waals surface area contributed by atoms with Gasteiger partial charge in [0.15, 0.2) is 0 Å². The molecule has 0 bridgehead atoms. The van der Waals surface area contributed by atoms with E-state index in [-0.39, 0.29) is 0 Å². The minimum atomic E-state index is 0.630. The van der Waals surface area contributed by atoms with E-state index >= 15 is 0 Å². The second-order valence-electron chi connectivity index (χ2n) is 2.65. The van der Waals surface area contributed by atoms with Crippen molar-refractivity contribution < 1.29 is 0 Å². The molecule has 0 fully saturated rings. The highest BCUT2D eigenvalue weighted by Gasteiger charge is 1.93. The summed E-state index contributed by atoms with van der Waals surface area (Å²) in [5.41, 5.74) is 8.47. The van der Waals surface area contributed by atoms with Gasteiger partial charge in [-0.1, -0.05) is 29.8 Å². The van der Waals surface area contributed by atoms with E-state index in [1.807, 2.05) is 31.2 Å². The van der Waals surface area contributed by atoms with Gasteiger partial charge in [-0.2, -0.15) is 0 Å². The molecule has 0 atom stereocenters. The smallest absolute Gasteiger partial charge is 0.0402 e. The monoisotopic (exact) mass is 160 g/mol. The van der Waals surface area contributed by atoms with Crippen molar-refractivity contribution in [1.29, 1.82) is 5.41 Å². The zero-order valence-electron chi connectivity index (χ0n) is 7.04. The SMILES string of the molecule is Cc1ccc(/C(N)=C/C=N)cc1. The molecule has 0 aliphatic heterocycles. The second kappa shape index (κ2) is 3.72. The second-order valence-corrected chi connectivity index (χ2v) is 2.65. The highest BCUT2D eigenvalue weighted by atomic mass is 14.6. The predicted octanol–water partition coefficient (Wildman–Crippen LogP) is 1.94. The first-order valence-electron chi connectivity index (χ1n) is 3.77. The normalized spacial score (nSPS) is 11.2.